The van der Waals surface area contributed by atoms with Crippen LogP contribution in [0.15, 0.2) is 42.5 Å². The van der Waals surface area contributed by atoms with E-state index in [-0.39, 0.29) is 10.8 Å². The van der Waals surface area contributed by atoms with Gasteiger partial charge in [-0.1, -0.05) is 29.8 Å². The maximum Gasteiger partial charge on any atom is 0.195 e. The Morgan fingerprint density at radius 3 is 2.70 bits per heavy atom. The van der Waals surface area contributed by atoms with Gasteiger partial charge in [-0.25, -0.2) is 4.39 Å². The summed E-state index contributed by atoms with van der Waals surface area (Å²) in [6.45, 7) is 1.85. The minimum absolute atomic E-state index is 0.0478. The van der Waals surface area contributed by atoms with Crippen molar-refractivity contribution in [3.05, 3.63) is 70.1 Å². The second-order valence-electron chi connectivity index (χ2n) is 4.63. The molecule has 0 amide bonds. The number of benzene rings is 2. The first kappa shape index (κ1) is 12.9. The van der Waals surface area contributed by atoms with Crippen LogP contribution >= 0.6 is 11.6 Å². The number of carbonyl (C=O) groups excluding carboxylic acids is 1. The number of rotatable bonds is 2. The van der Waals surface area contributed by atoms with E-state index < -0.39 is 5.82 Å². The first-order valence-electron chi connectivity index (χ1n) is 6.15. The number of H-pyrrole nitrogens is 1. The number of hydrogen-bond acceptors (Lipinski definition) is 1. The molecule has 0 radical (unpaired) electrons. The molecule has 3 rings (SSSR count). The number of aromatic nitrogens is 1. The summed E-state index contributed by atoms with van der Waals surface area (Å²) in [5.41, 5.74) is 2.67. The van der Waals surface area contributed by atoms with E-state index in [0.717, 1.165) is 16.6 Å². The van der Waals surface area contributed by atoms with Crippen LogP contribution in [0.3, 0.4) is 0 Å². The highest BCUT2D eigenvalue weighted by molar-refractivity contribution is 6.31. The number of para-hydroxylation sites is 1. The van der Waals surface area contributed by atoms with E-state index in [1.807, 2.05) is 31.2 Å². The Bertz CT molecular complexity index is 822. The van der Waals surface area contributed by atoms with Crippen LogP contribution in [-0.4, -0.2) is 10.8 Å². The summed E-state index contributed by atoms with van der Waals surface area (Å²) in [5.74, 6) is -0.694. The zero-order valence-corrected chi connectivity index (χ0v) is 11.5. The van der Waals surface area contributed by atoms with Gasteiger partial charge in [-0.3, -0.25) is 4.79 Å². The molecule has 0 aliphatic carbocycles. The van der Waals surface area contributed by atoms with Crippen LogP contribution in [0.1, 0.15) is 21.6 Å². The monoisotopic (exact) mass is 287 g/mol. The van der Waals surface area contributed by atoms with Gasteiger partial charge in [0.25, 0.3) is 0 Å². The highest BCUT2D eigenvalue weighted by Crippen LogP contribution is 2.26. The summed E-state index contributed by atoms with van der Waals surface area (Å²) >= 11 is 5.74. The molecule has 0 unspecified atom stereocenters. The van der Waals surface area contributed by atoms with E-state index in [0.29, 0.717) is 11.1 Å². The average Bonchev–Trinajstić information content (AvgIpc) is 2.77. The fourth-order valence-corrected chi connectivity index (χ4v) is 2.53. The van der Waals surface area contributed by atoms with E-state index in [2.05, 4.69) is 4.98 Å². The van der Waals surface area contributed by atoms with Crippen molar-refractivity contribution in [2.24, 2.45) is 0 Å². The van der Waals surface area contributed by atoms with Crippen molar-refractivity contribution in [3.63, 3.8) is 0 Å². The Morgan fingerprint density at radius 1 is 1.20 bits per heavy atom. The van der Waals surface area contributed by atoms with Crippen LogP contribution < -0.4 is 0 Å². The average molecular weight is 288 g/mol. The van der Waals surface area contributed by atoms with Gasteiger partial charge in [0.2, 0.25) is 0 Å². The minimum atomic E-state index is -0.529. The second-order valence-corrected chi connectivity index (χ2v) is 5.04. The molecule has 20 heavy (non-hydrogen) atoms. The number of fused-ring (bicyclic) bond motifs is 1. The van der Waals surface area contributed by atoms with Crippen LogP contribution in [0.5, 0.6) is 0 Å². The molecule has 0 saturated carbocycles. The van der Waals surface area contributed by atoms with Crippen molar-refractivity contribution in [1.29, 1.82) is 0 Å². The normalized spacial score (nSPS) is 10.9. The maximum atomic E-state index is 13.2. The summed E-state index contributed by atoms with van der Waals surface area (Å²) in [6, 6.07) is 11.6. The number of nitrogens with one attached hydrogen (secondary N) is 1. The largest absolute Gasteiger partial charge is 0.358 e. The van der Waals surface area contributed by atoms with Gasteiger partial charge in [0, 0.05) is 22.2 Å². The molecule has 2 nitrogen and oxygen atoms in total. The lowest BCUT2D eigenvalue weighted by Crippen LogP contribution is -2.02. The summed E-state index contributed by atoms with van der Waals surface area (Å²) < 4.78 is 13.2. The van der Waals surface area contributed by atoms with Crippen molar-refractivity contribution in [2.75, 3.05) is 0 Å². The molecule has 2 aromatic carbocycles. The van der Waals surface area contributed by atoms with Gasteiger partial charge in [0.15, 0.2) is 5.78 Å². The third kappa shape index (κ3) is 2.00. The van der Waals surface area contributed by atoms with Crippen LogP contribution in [0.4, 0.5) is 4.39 Å². The molecule has 1 N–H and O–H groups in total. The molecule has 100 valence electrons. The quantitative estimate of drug-likeness (QED) is 0.692. The maximum absolute atomic E-state index is 13.2. The van der Waals surface area contributed by atoms with Crippen molar-refractivity contribution in [3.8, 4) is 0 Å². The lowest BCUT2D eigenvalue weighted by Gasteiger charge is -2.03. The Balaban J connectivity index is 2.17. The fraction of sp³-hybridized carbons (Fsp3) is 0.0625. The third-order valence-electron chi connectivity index (χ3n) is 3.30. The van der Waals surface area contributed by atoms with Crippen LogP contribution in [-0.2, 0) is 0 Å². The number of carbonyl (C=O) groups is 1. The topological polar surface area (TPSA) is 32.9 Å². The predicted octanol–water partition coefficient (Wildman–Crippen LogP) is 4.50. The first-order valence-corrected chi connectivity index (χ1v) is 6.53. The van der Waals surface area contributed by atoms with E-state index in [9.17, 15) is 9.18 Å². The molecular weight excluding hydrogens is 277 g/mol. The Morgan fingerprint density at radius 2 is 1.95 bits per heavy atom. The molecule has 4 heteroatoms. The highest BCUT2D eigenvalue weighted by atomic mass is 35.5. The summed E-state index contributed by atoms with van der Waals surface area (Å²) in [7, 11) is 0. The van der Waals surface area contributed by atoms with Crippen molar-refractivity contribution < 1.29 is 9.18 Å². The fourth-order valence-electron chi connectivity index (χ4n) is 2.35. The number of halogens is 2. The first-order chi connectivity index (χ1) is 9.58. The molecule has 3 aromatic rings. The van der Waals surface area contributed by atoms with Gasteiger partial charge >= 0.3 is 0 Å². The predicted molar refractivity (Wildman–Crippen MR) is 77.9 cm³/mol. The lowest BCUT2D eigenvalue weighted by atomic mass is 10.0. The van der Waals surface area contributed by atoms with Gasteiger partial charge in [-0.2, -0.15) is 0 Å². The molecule has 0 atom stereocenters. The smallest absolute Gasteiger partial charge is 0.195 e. The Hall–Kier alpha value is -2.13. The summed E-state index contributed by atoms with van der Waals surface area (Å²) in [5, 5.41) is 0.809. The van der Waals surface area contributed by atoms with Crippen LogP contribution in [0.2, 0.25) is 5.02 Å². The zero-order valence-electron chi connectivity index (χ0n) is 10.7. The van der Waals surface area contributed by atoms with Gasteiger partial charge < -0.3 is 4.98 Å². The molecule has 1 aromatic heterocycles. The standard InChI is InChI=1S/C16H11ClFNO/c1-9-15(11-4-2-3-5-14(11)19-9)16(20)10-6-7-13(18)12(17)8-10/h2-8,19H,1H3. The van der Waals surface area contributed by atoms with Crippen molar-refractivity contribution >= 4 is 28.3 Å². The zero-order chi connectivity index (χ0) is 14.3. The molecule has 1 heterocycles. The molecule has 0 fully saturated rings. The molecular formula is C16H11ClFNO. The molecule has 0 aliphatic heterocycles. The minimum Gasteiger partial charge on any atom is -0.358 e. The number of aromatic amines is 1. The van der Waals surface area contributed by atoms with Crippen molar-refractivity contribution in [1.82, 2.24) is 4.98 Å². The lowest BCUT2D eigenvalue weighted by molar-refractivity contribution is 0.103. The van der Waals surface area contributed by atoms with E-state index in [4.69, 9.17) is 11.6 Å². The van der Waals surface area contributed by atoms with E-state index >= 15 is 0 Å². The Kier molecular flexibility index (Phi) is 3.07. The summed E-state index contributed by atoms with van der Waals surface area (Å²) in [6.07, 6.45) is 0. The molecule has 0 saturated heterocycles. The van der Waals surface area contributed by atoms with Gasteiger partial charge in [0.05, 0.1) is 10.6 Å². The van der Waals surface area contributed by atoms with Gasteiger partial charge in [0.1, 0.15) is 5.82 Å². The van der Waals surface area contributed by atoms with E-state index in [1.54, 1.807) is 0 Å². The van der Waals surface area contributed by atoms with Gasteiger partial charge in [-0.15, -0.1) is 0 Å². The number of hydrogen-bond donors (Lipinski definition) is 1. The second kappa shape index (κ2) is 4.76. The van der Waals surface area contributed by atoms with Gasteiger partial charge in [-0.05, 0) is 31.2 Å². The molecule has 0 aliphatic rings. The molecule has 0 bridgehead atoms. The molecule has 0 spiro atoms. The van der Waals surface area contributed by atoms with Crippen molar-refractivity contribution in [2.45, 2.75) is 6.92 Å². The Labute approximate surface area is 120 Å². The third-order valence-corrected chi connectivity index (χ3v) is 3.59. The van der Waals surface area contributed by atoms with Crippen LogP contribution in [0.25, 0.3) is 10.9 Å². The SMILES string of the molecule is Cc1[nH]c2ccccc2c1C(=O)c1ccc(F)c(Cl)c1. The highest BCUT2D eigenvalue weighted by Gasteiger charge is 2.18. The van der Waals surface area contributed by atoms with Crippen LogP contribution in [0, 0.1) is 12.7 Å². The van der Waals surface area contributed by atoms with E-state index in [1.165, 1.54) is 18.2 Å². The number of ketones is 1. The number of aryl methyl sites for hydroxylation is 1. The summed E-state index contributed by atoms with van der Waals surface area (Å²) in [4.78, 5) is 15.8.